The largest absolute Gasteiger partial charge is 0.507 e. The fourth-order valence-corrected chi connectivity index (χ4v) is 3.72. The Hall–Kier alpha value is -2.46. The van der Waals surface area contributed by atoms with Gasteiger partial charge in [0.15, 0.2) is 0 Å². The zero-order chi connectivity index (χ0) is 16.2. The summed E-state index contributed by atoms with van der Waals surface area (Å²) in [6.07, 6.45) is 3.56. The molecule has 0 aromatic heterocycles. The van der Waals surface area contributed by atoms with Gasteiger partial charge in [-0.2, -0.15) is 0 Å². The minimum absolute atomic E-state index is 0.00403. The average molecular weight is 308 g/mol. The monoisotopic (exact) mass is 308 g/mol. The highest BCUT2D eigenvalue weighted by atomic mass is 16.3. The van der Waals surface area contributed by atoms with E-state index in [1.54, 1.807) is 12.1 Å². The number of fused-ring (bicyclic) bond motifs is 2. The maximum Gasteiger partial charge on any atom is 0.220 e. The number of ketones is 2. The molecule has 2 aromatic rings. The summed E-state index contributed by atoms with van der Waals surface area (Å²) in [5.41, 5.74) is -0.130. The van der Waals surface area contributed by atoms with Crippen LogP contribution in [0.25, 0.3) is 0 Å². The van der Waals surface area contributed by atoms with Gasteiger partial charge >= 0.3 is 0 Å². The van der Waals surface area contributed by atoms with Gasteiger partial charge in [-0.15, -0.1) is 0 Å². The van der Waals surface area contributed by atoms with Crippen molar-refractivity contribution in [3.8, 4) is 5.75 Å². The highest BCUT2D eigenvalue weighted by Crippen LogP contribution is 2.43. The van der Waals surface area contributed by atoms with Gasteiger partial charge in [-0.05, 0) is 36.8 Å². The summed E-state index contributed by atoms with van der Waals surface area (Å²) in [7, 11) is 0. The van der Waals surface area contributed by atoms with Gasteiger partial charge in [-0.25, -0.2) is 0 Å². The molecule has 4 rings (SSSR count). The van der Waals surface area contributed by atoms with E-state index in [0.717, 1.165) is 30.4 Å². The van der Waals surface area contributed by atoms with Gasteiger partial charge in [0.05, 0.1) is 0 Å². The van der Waals surface area contributed by atoms with E-state index in [1.807, 2.05) is 6.07 Å². The van der Waals surface area contributed by atoms with Crippen LogP contribution in [0, 0.1) is 0 Å². The molecule has 0 heterocycles. The molecule has 2 aliphatic carbocycles. The van der Waals surface area contributed by atoms with Crippen molar-refractivity contribution in [3.05, 3.63) is 64.2 Å². The fourth-order valence-electron chi connectivity index (χ4n) is 3.72. The molecule has 0 atom stereocenters. The number of aromatic hydroxyl groups is 1. The van der Waals surface area contributed by atoms with Gasteiger partial charge in [-0.1, -0.05) is 36.4 Å². The van der Waals surface area contributed by atoms with Crippen LogP contribution < -0.4 is 0 Å². The van der Waals surface area contributed by atoms with Gasteiger partial charge in [0.2, 0.25) is 17.2 Å². The third kappa shape index (κ3) is 1.75. The lowest BCUT2D eigenvalue weighted by Gasteiger charge is -2.25. The van der Waals surface area contributed by atoms with Gasteiger partial charge < -0.3 is 10.2 Å². The standard InChI is InChI=1S/C19H16O4/c20-16-12-6-2-1-5-11(12)9-10-15(16)19(23)17(21)13-7-3-4-8-14(13)18(19)22/h3-4,7-10,20,23H,1-2,5-6H2. The molecule has 0 fully saturated rings. The van der Waals surface area contributed by atoms with Crippen LogP contribution in [-0.4, -0.2) is 21.8 Å². The summed E-state index contributed by atoms with van der Waals surface area (Å²) in [6.45, 7) is 0. The third-order valence-electron chi connectivity index (χ3n) is 4.97. The first-order valence-electron chi connectivity index (χ1n) is 7.80. The first-order chi connectivity index (χ1) is 11.0. The summed E-state index contributed by atoms with van der Waals surface area (Å²) in [5.74, 6) is -1.44. The minimum Gasteiger partial charge on any atom is -0.507 e. The molecule has 0 saturated heterocycles. The predicted octanol–water partition coefficient (Wildman–Crippen LogP) is 2.54. The van der Waals surface area contributed by atoms with Crippen molar-refractivity contribution in [1.29, 1.82) is 0 Å². The van der Waals surface area contributed by atoms with E-state index in [1.165, 1.54) is 18.2 Å². The fraction of sp³-hybridized carbons (Fsp3) is 0.263. The number of carbonyl (C=O) groups is 2. The molecule has 0 aliphatic heterocycles. The second kappa shape index (κ2) is 4.77. The smallest absolute Gasteiger partial charge is 0.220 e. The van der Waals surface area contributed by atoms with Crippen LogP contribution in [0.3, 0.4) is 0 Å². The predicted molar refractivity (Wildman–Crippen MR) is 83.7 cm³/mol. The van der Waals surface area contributed by atoms with Gasteiger partial charge in [-0.3, -0.25) is 9.59 Å². The van der Waals surface area contributed by atoms with Crippen LogP contribution in [-0.2, 0) is 18.4 Å². The highest BCUT2D eigenvalue weighted by Gasteiger charge is 2.54. The van der Waals surface area contributed by atoms with Crippen LogP contribution in [0.4, 0.5) is 0 Å². The SMILES string of the molecule is O=C1c2ccccc2C(=O)C1(O)c1ccc2c(c1O)CCCC2. The molecule has 4 nitrogen and oxygen atoms in total. The maximum absolute atomic E-state index is 12.7. The van der Waals surface area contributed by atoms with Crippen molar-refractivity contribution >= 4 is 11.6 Å². The lowest BCUT2D eigenvalue weighted by molar-refractivity contribution is 0.0312. The molecule has 0 bridgehead atoms. The molecule has 0 amide bonds. The Morgan fingerprint density at radius 1 is 0.870 bits per heavy atom. The zero-order valence-corrected chi connectivity index (χ0v) is 12.5. The number of phenols is 1. The molecule has 0 unspecified atom stereocenters. The van der Waals surface area contributed by atoms with E-state index in [2.05, 4.69) is 0 Å². The lowest BCUT2D eigenvalue weighted by Crippen LogP contribution is -2.38. The van der Waals surface area contributed by atoms with Gasteiger partial charge in [0, 0.05) is 16.7 Å². The molecule has 4 heteroatoms. The normalized spacial score (nSPS) is 18.7. The molecular formula is C19H16O4. The maximum atomic E-state index is 12.7. The lowest BCUT2D eigenvalue weighted by atomic mass is 9.82. The van der Waals surface area contributed by atoms with E-state index in [4.69, 9.17) is 0 Å². The Morgan fingerprint density at radius 3 is 2.13 bits per heavy atom. The Balaban J connectivity index is 1.92. The van der Waals surface area contributed by atoms with E-state index in [0.29, 0.717) is 6.42 Å². The van der Waals surface area contributed by atoms with E-state index < -0.39 is 17.2 Å². The van der Waals surface area contributed by atoms with Gasteiger partial charge in [0.25, 0.3) is 0 Å². The molecule has 0 saturated carbocycles. The Kier molecular flexibility index (Phi) is 2.93. The summed E-state index contributed by atoms with van der Waals surface area (Å²) in [5, 5.41) is 21.6. The second-order valence-corrected chi connectivity index (χ2v) is 6.22. The molecule has 2 N–H and O–H groups in total. The first kappa shape index (κ1) is 14.2. The first-order valence-corrected chi connectivity index (χ1v) is 7.80. The number of rotatable bonds is 1. The zero-order valence-electron chi connectivity index (χ0n) is 12.5. The van der Waals surface area contributed by atoms with E-state index in [9.17, 15) is 19.8 Å². The summed E-state index contributed by atoms with van der Waals surface area (Å²) < 4.78 is 0. The quantitative estimate of drug-likeness (QED) is 0.794. The summed E-state index contributed by atoms with van der Waals surface area (Å²) in [6, 6.07) is 9.70. The number of Topliss-reactive ketones (excluding diaryl/α,β-unsaturated/α-hetero) is 2. The van der Waals surface area contributed by atoms with Crippen molar-refractivity contribution < 1.29 is 19.8 Å². The Morgan fingerprint density at radius 2 is 1.48 bits per heavy atom. The number of hydrogen-bond acceptors (Lipinski definition) is 4. The minimum atomic E-state index is -2.32. The van der Waals surface area contributed by atoms with Crippen LogP contribution in [0.5, 0.6) is 5.75 Å². The van der Waals surface area contributed by atoms with Crippen LogP contribution in [0.1, 0.15) is 50.2 Å². The Bertz CT molecular complexity index is 815. The number of phenolic OH excluding ortho intramolecular Hbond substituents is 1. The third-order valence-corrected chi connectivity index (χ3v) is 4.97. The molecule has 0 radical (unpaired) electrons. The van der Waals surface area contributed by atoms with Crippen molar-refractivity contribution in [2.45, 2.75) is 31.3 Å². The second-order valence-electron chi connectivity index (χ2n) is 6.22. The number of benzene rings is 2. The molecule has 0 spiro atoms. The molecular weight excluding hydrogens is 292 g/mol. The molecule has 2 aromatic carbocycles. The van der Waals surface area contributed by atoms with E-state index in [-0.39, 0.29) is 22.4 Å². The average Bonchev–Trinajstić information content (AvgIpc) is 2.78. The van der Waals surface area contributed by atoms with Crippen LogP contribution in [0.2, 0.25) is 0 Å². The Labute approximate surface area is 133 Å². The molecule has 2 aliphatic rings. The number of aliphatic hydroxyl groups is 1. The number of carbonyl (C=O) groups excluding carboxylic acids is 2. The van der Waals surface area contributed by atoms with E-state index >= 15 is 0 Å². The van der Waals surface area contributed by atoms with Crippen molar-refractivity contribution in [3.63, 3.8) is 0 Å². The number of aryl methyl sites for hydroxylation is 1. The molecule has 23 heavy (non-hydrogen) atoms. The van der Waals surface area contributed by atoms with Crippen molar-refractivity contribution in [2.24, 2.45) is 0 Å². The number of hydrogen-bond donors (Lipinski definition) is 2. The highest BCUT2D eigenvalue weighted by molar-refractivity contribution is 6.32. The topological polar surface area (TPSA) is 74.6 Å². The van der Waals surface area contributed by atoms with Crippen molar-refractivity contribution in [1.82, 2.24) is 0 Å². The van der Waals surface area contributed by atoms with Crippen LogP contribution in [0.15, 0.2) is 36.4 Å². The van der Waals surface area contributed by atoms with Crippen molar-refractivity contribution in [2.75, 3.05) is 0 Å². The van der Waals surface area contributed by atoms with Crippen LogP contribution >= 0.6 is 0 Å². The van der Waals surface area contributed by atoms with Gasteiger partial charge in [0.1, 0.15) is 5.75 Å². The summed E-state index contributed by atoms with van der Waals surface area (Å²) >= 11 is 0. The summed E-state index contributed by atoms with van der Waals surface area (Å²) in [4.78, 5) is 25.3. The molecule has 116 valence electrons.